The topological polar surface area (TPSA) is 66.7 Å². The van der Waals surface area contributed by atoms with Gasteiger partial charge in [0.05, 0.1) is 5.69 Å². The zero-order chi connectivity index (χ0) is 16.5. The van der Waals surface area contributed by atoms with Crippen LogP contribution in [-0.4, -0.2) is 61.2 Å². The summed E-state index contributed by atoms with van der Waals surface area (Å²) in [4.78, 5) is 1.24. The summed E-state index contributed by atoms with van der Waals surface area (Å²) in [5.74, 6) is -0.105. The molecule has 1 unspecified atom stereocenters. The molecule has 0 spiro atoms. The second-order valence-electron chi connectivity index (χ2n) is 5.34. The van der Waals surface area contributed by atoms with Crippen LogP contribution < -0.4 is 0 Å². The lowest BCUT2D eigenvalue weighted by molar-refractivity contribution is -0.181. The van der Waals surface area contributed by atoms with E-state index in [1.807, 2.05) is 0 Å². The third-order valence-electron chi connectivity index (χ3n) is 3.69. The molecular weight excluding hydrogens is 323 g/mol. The van der Waals surface area contributed by atoms with Crippen molar-refractivity contribution in [1.29, 1.82) is 0 Å². The van der Waals surface area contributed by atoms with Crippen LogP contribution in [0, 0.1) is 6.92 Å². The van der Waals surface area contributed by atoms with Crippen molar-refractivity contribution in [1.82, 2.24) is 14.4 Å². The monoisotopic (exact) mass is 341 g/mol. The minimum absolute atomic E-state index is 0.0376. The molecule has 126 valence electrons. The first-order valence-corrected chi connectivity index (χ1v) is 8.41. The first kappa shape index (κ1) is 17.2. The standard InChI is InChI=1S/C12H18F3N3O3S/c1-9-7-11(21-16-9)8-22(19,20)18-5-3-17(4-6-18)10(2)12(13,14)15/h7,10H,3-6,8H2,1-2H3. The van der Waals surface area contributed by atoms with Crippen molar-refractivity contribution in [3.8, 4) is 0 Å². The Morgan fingerprint density at radius 3 is 2.36 bits per heavy atom. The highest BCUT2D eigenvalue weighted by Gasteiger charge is 2.41. The number of sulfonamides is 1. The molecule has 6 nitrogen and oxygen atoms in total. The molecule has 1 aliphatic rings. The molecule has 1 atom stereocenters. The summed E-state index contributed by atoms with van der Waals surface area (Å²) >= 11 is 0. The summed E-state index contributed by atoms with van der Waals surface area (Å²) in [7, 11) is -3.62. The third-order valence-corrected chi connectivity index (χ3v) is 5.49. The average molecular weight is 341 g/mol. The van der Waals surface area contributed by atoms with Gasteiger partial charge in [0.1, 0.15) is 11.8 Å². The van der Waals surface area contributed by atoms with Gasteiger partial charge >= 0.3 is 6.18 Å². The molecule has 0 saturated carbocycles. The van der Waals surface area contributed by atoms with Gasteiger partial charge in [-0.2, -0.15) is 17.5 Å². The minimum Gasteiger partial charge on any atom is -0.360 e. The molecule has 22 heavy (non-hydrogen) atoms. The van der Waals surface area contributed by atoms with Gasteiger partial charge in [-0.1, -0.05) is 5.16 Å². The molecule has 0 N–H and O–H groups in total. The minimum atomic E-state index is -4.31. The van der Waals surface area contributed by atoms with Crippen molar-refractivity contribution in [3.05, 3.63) is 17.5 Å². The highest BCUT2D eigenvalue weighted by molar-refractivity contribution is 7.88. The molecule has 0 aromatic carbocycles. The largest absolute Gasteiger partial charge is 0.403 e. The van der Waals surface area contributed by atoms with Gasteiger partial charge < -0.3 is 4.52 Å². The number of hydrogen-bond donors (Lipinski definition) is 0. The molecule has 1 aromatic rings. The SMILES string of the molecule is Cc1cc(CS(=O)(=O)N2CCN(C(C)C(F)(F)F)CC2)on1. The Bertz CT molecular complexity index is 607. The number of aromatic nitrogens is 1. The van der Waals surface area contributed by atoms with Crippen molar-refractivity contribution < 1.29 is 26.1 Å². The number of nitrogens with zero attached hydrogens (tertiary/aromatic N) is 3. The van der Waals surface area contributed by atoms with E-state index in [1.165, 1.54) is 15.3 Å². The summed E-state index contributed by atoms with van der Waals surface area (Å²) in [5.41, 5.74) is 0.578. The van der Waals surface area contributed by atoms with Crippen LogP contribution in [-0.2, 0) is 15.8 Å². The summed E-state index contributed by atoms with van der Waals surface area (Å²) < 4.78 is 68.5. The van der Waals surface area contributed by atoms with E-state index in [1.54, 1.807) is 6.92 Å². The third kappa shape index (κ3) is 3.99. The van der Waals surface area contributed by atoms with Crippen LogP contribution in [0.3, 0.4) is 0 Å². The fourth-order valence-corrected chi connectivity index (χ4v) is 3.73. The summed E-state index contributed by atoms with van der Waals surface area (Å²) in [6.45, 7) is 2.94. The summed E-state index contributed by atoms with van der Waals surface area (Å²) in [5, 5.41) is 3.62. The first-order valence-electron chi connectivity index (χ1n) is 6.80. The molecule has 1 fully saturated rings. The van der Waals surface area contributed by atoms with Crippen LogP contribution in [0.15, 0.2) is 10.6 Å². The van der Waals surface area contributed by atoms with Crippen molar-refractivity contribution >= 4 is 10.0 Å². The fraction of sp³-hybridized carbons (Fsp3) is 0.750. The Hall–Kier alpha value is -1.13. The lowest BCUT2D eigenvalue weighted by Crippen LogP contribution is -2.54. The van der Waals surface area contributed by atoms with E-state index in [9.17, 15) is 21.6 Å². The molecule has 0 aliphatic carbocycles. The number of alkyl halides is 3. The van der Waals surface area contributed by atoms with Crippen molar-refractivity contribution in [2.45, 2.75) is 31.8 Å². The van der Waals surface area contributed by atoms with E-state index in [4.69, 9.17) is 4.52 Å². The lowest BCUT2D eigenvalue weighted by Gasteiger charge is -2.37. The molecule has 10 heteroatoms. The first-order chi connectivity index (χ1) is 10.1. The van der Waals surface area contributed by atoms with Gasteiger partial charge in [-0.15, -0.1) is 0 Å². The van der Waals surface area contributed by atoms with Gasteiger partial charge in [-0.05, 0) is 13.8 Å². The van der Waals surface area contributed by atoms with E-state index in [-0.39, 0.29) is 37.7 Å². The maximum absolute atomic E-state index is 12.7. The van der Waals surface area contributed by atoms with Crippen LogP contribution in [0.1, 0.15) is 18.4 Å². The maximum atomic E-state index is 12.7. The Morgan fingerprint density at radius 1 is 1.32 bits per heavy atom. The van der Waals surface area contributed by atoms with Crippen molar-refractivity contribution in [2.24, 2.45) is 0 Å². The molecule has 2 heterocycles. The Balaban J connectivity index is 1.96. The summed E-state index contributed by atoms with van der Waals surface area (Å²) in [6.07, 6.45) is -4.31. The maximum Gasteiger partial charge on any atom is 0.403 e. The van der Waals surface area contributed by atoms with Gasteiger partial charge in [0.2, 0.25) is 10.0 Å². The molecule has 1 aromatic heterocycles. The van der Waals surface area contributed by atoms with Crippen LogP contribution in [0.5, 0.6) is 0 Å². The van der Waals surface area contributed by atoms with Crippen molar-refractivity contribution in [2.75, 3.05) is 26.2 Å². The zero-order valence-electron chi connectivity index (χ0n) is 12.3. The lowest BCUT2D eigenvalue weighted by atomic mass is 10.2. The zero-order valence-corrected chi connectivity index (χ0v) is 13.1. The normalized spacial score (nSPS) is 20.2. The quantitative estimate of drug-likeness (QED) is 0.828. The highest BCUT2D eigenvalue weighted by atomic mass is 32.2. The Labute approximate surface area is 126 Å². The van der Waals surface area contributed by atoms with Gasteiger partial charge in [0.25, 0.3) is 0 Å². The van der Waals surface area contributed by atoms with E-state index >= 15 is 0 Å². The molecular formula is C12H18F3N3O3S. The predicted octanol–water partition coefficient (Wildman–Crippen LogP) is 1.38. The van der Waals surface area contributed by atoms with Crippen molar-refractivity contribution in [3.63, 3.8) is 0 Å². The number of hydrogen-bond acceptors (Lipinski definition) is 5. The second-order valence-corrected chi connectivity index (χ2v) is 7.31. The Morgan fingerprint density at radius 2 is 1.91 bits per heavy atom. The number of aryl methyl sites for hydroxylation is 1. The molecule has 0 amide bonds. The molecule has 0 radical (unpaired) electrons. The second kappa shape index (κ2) is 6.17. The van der Waals surface area contributed by atoms with Crippen LogP contribution in [0.25, 0.3) is 0 Å². The Kier molecular flexibility index (Phi) is 4.83. The number of piperazine rings is 1. The van der Waals surface area contributed by atoms with Gasteiger partial charge in [-0.3, -0.25) is 4.90 Å². The van der Waals surface area contributed by atoms with E-state index in [2.05, 4.69) is 5.16 Å². The number of halogens is 3. The van der Waals surface area contributed by atoms with E-state index in [0.717, 1.165) is 6.92 Å². The van der Waals surface area contributed by atoms with Gasteiger partial charge in [0, 0.05) is 32.2 Å². The number of rotatable bonds is 4. The van der Waals surface area contributed by atoms with Gasteiger partial charge in [-0.25, -0.2) is 8.42 Å². The van der Waals surface area contributed by atoms with Crippen LogP contribution in [0.4, 0.5) is 13.2 Å². The average Bonchev–Trinajstić information content (AvgIpc) is 2.81. The summed E-state index contributed by atoms with van der Waals surface area (Å²) in [6, 6.07) is -0.0474. The molecule has 1 saturated heterocycles. The fourth-order valence-electron chi connectivity index (χ4n) is 2.33. The molecule has 1 aliphatic heterocycles. The van der Waals surface area contributed by atoms with Crippen LogP contribution >= 0.6 is 0 Å². The molecule has 0 bridgehead atoms. The predicted molar refractivity (Wildman–Crippen MR) is 72.5 cm³/mol. The highest BCUT2D eigenvalue weighted by Crippen LogP contribution is 2.26. The molecule has 2 rings (SSSR count). The van der Waals surface area contributed by atoms with Crippen LogP contribution in [0.2, 0.25) is 0 Å². The smallest absolute Gasteiger partial charge is 0.360 e. The van der Waals surface area contributed by atoms with Gasteiger partial charge in [0.15, 0.2) is 5.76 Å². The van der Waals surface area contributed by atoms with E-state index < -0.39 is 22.2 Å². The van der Waals surface area contributed by atoms with E-state index in [0.29, 0.717) is 5.69 Å².